The average Bonchev–Trinajstić information content (AvgIpc) is 2.27. The van der Waals surface area contributed by atoms with E-state index in [1.807, 2.05) is 5.32 Å². The third-order valence-corrected chi connectivity index (χ3v) is 3.08. The first-order valence-corrected chi connectivity index (χ1v) is 5.93. The van der Waals surface area contributed by atoms with Crippen LogP contribution in [-0.2, 0) is 14.3 Å². The Balaban J connectivity index is 2.74. The number of hydrogen-bond acceptors (Lipinski definition) is 7. The van der Waals surface area contributed by atoms with Gasteiger partial charge in [-0.15, -0.1) is 0 Å². The Morgan fingerprint density at radius 1 is 1.50 bits per heavy atom. The Morgan fingerprint density at radius 3 is 2.67 bits per heavy atom. The van der Waals surface area contributed by atoms with E-state index in [2.05, 4.69) is 10.9 Å². The van der Waals surface area contributed by atoms with E-state index in [4.69, 9.17) is 4.74 Å². The summed E-state index contributed by atoms with van der Waals surface area (Å²) in [5.41, 5.74) is 4.58. The van der Waals surface area contributed by atoms with E-state index >= 15 is 0 Å². The number of ether oxygens (including phenoxy) is 1. The Labute approximate surface area is 107 Å². The summed E-state index contributed by atoms with van der Waals surface area (Å²) in [5.74, 6) is -1.61. The van der Waals surface area contributed by atoms with E-state index in [0.717, 1.165) is 11.8 Å². The summed E-state index contributed by atoms with van der Waals surface area (Å²) >= 11 is 0.749. The fourth-order valence-electron chi connectivity index (χ4n) is 1.08. The number of hydrogen-bond donors (Lipinski definition) is 4. The van der Waals surface area contributed by atoms with Crippen molar-refractivity contribution in [2.24, 2.45) is 0 Å². The molecule has 1 heterocycles. The number of imide groups is 1. The molecule has 18 heavy (non-hydrogen) atoms. The number of allylic oxidation sites excluding steroid dienone is 1. The lowest BCUT2D eigenvalue weighted by molar-refractivity contribution is -0.137. The summed E-state index contributed by atoms with van der Waals surface area (Å²) in [6, 6.07) is -0.681. The van der Waals surface area contributed by atoms with Gasteiger partial charge in [0.25, 0.3) is 5.91 Å². The molecule has 0 aromatic heterocycles. The lowest BCUT2D eigenvalue weighted by atomic mass is 10.5. The van der Waals surface area contributed by atoms with Crippen LogP contribution in [0.15, 0.2) is 10.7 Å². The van der Waals surface area contributed by atoms with Crippen LogP contribution >= 0.6 is 11.8 Å². The van der Waals surface area contributed by atoms with Crippen LogP contribution in [0.3, 0.4) is 0 Å². The van der Waals surface area contributed by atoms with Crippen molar-refractivity contribution < 1.29 is 24.2 Å². The second-order valence-corrected chi connectivity index (χ2v) is 4.34. The van der Waals surface area contributed by atoms with Crippen LogP contribution < -0.4 is 16.2 Å². The van der Waals surface area contributed by atoms with Crippen LogP contribution in [0, 0.1) is 0 Å². The van der Waals surface area contributed by atoms with Gasteiger partial charge in [0.15, 0.2) is 5.37 Å². The molecule has 8 nitrogen and oxygen atoms in total. The summed E-state index contributed by atoms with van der Waals surface area (Å²) in [5, 5.41) is 10.5. The van der Waals surface area contributed by atoms with Crippen molar-refractivity contribution in [3.05, 3.63) is 10.7 Å². The molecule has 1 aliphatic rings. The molecule has 1 aliphatic heterocycles. The maximum absolute atomic E-state index is 11.5. The highest BCUT2D eigenvalue weighted by atomic mass is 32.2. The molecule has 1 fully saturated rings. The zero-order valence-corrected chi connectivity index (χ0v) is 10.6. The Kier molecular flexibility index (Phi) is 4.98. The molecule has 1 rings (SSSR count). The van der Waals surface area contributed by atoms with Gasteiger partial charge in [0.2, 0.25) is 0 Å². The lowest BCUT2D eigenvalue weighted by Crippen LogP contribution is -2.61. The van der Waals surface area contributed by atoms with Crippen LogP contribution in [0.1, 0.15) is 13.8 Å². The third-order valence-electron chi connectivity index (χ3n) is 1.82. The second kappa shape index (κ2) is 6.26. The number of carbonyl (C=O) groups excluding carboxylic acids is 3. The Hall–Kier alpha value is -1.74. The summed E-state index contributed by atoms with van der Waals surface area (Å²) in [7, 11) is 0. The fourth-order valence-corrected chi connectivity index (χ4v) is 1.93. The van der Waals surface area contributed by atoms with Gasteiger partial charge in [-0.2, -0.15) is 0 Å². The maximum Gasteiger partial charge on any atom is 0.348 e. The predicted molar refractivity (Wildman–Crippen MR) is 63.2 cm³/mol. The minimum Gasteiger partial charge on any atom is -0.511 e. The number of amides is 3. The zero-order chi connectivity index (χ0) is 13.7. The lowest BCUT2D eigenvalue weighted by Gasteiger charge is -2.23. The van der Waals surface area contributed by atoms with Crippen molar-refractivity contribution in [2.45, 2.75) is 19.2 Å². The smallest absolute Gasteiger partial charge is 0.348 e. The summed E-state index contributed by atoms with van der Waals surface area (Å²) in [6.07, 6.45) is 0. The molecule has 0 spiro atoms. The molecule has 100 valence electrons. The van der Waals surface area contributed by atoms with Gasteiger partial charge in [0.1, 0.15) is 10.7 Å². The number of hydrazine groups is 1. The molecule has 9 heteroatoms. The van der Waals surface area contributed by atoms with Gasteiger partial charge in [-0.1, -0.05) is 11.8 Å². The molecule has 0 saturated carbocycles. The molecule has 0 aromatic carbocycles. The number of nitrogens with one attached hydrogen (secondary N) is 3. The van der Waals surface area contributed by atoms with Crippen molar-refractivity contribution in [2.75, 3.05) is 6.61 Å². The van der Waals surface area contributed by atoms with Crippen molar-refractivity contribution in [1.82, 2.24) is 16.2 Å². The number of aliphatic hydroxyl groups is 1. The molecule has 4 N–H and O–H groups in total. The number of rotatable bonds is 4. The highest BCUT2D eigenvalue weighted by Crippen LogP contribution is 2.24. The van der Waals surface area contributed by atoms with E-state index < -0.39 is 23.3 Å². The number of aliphatic hydroxyl groups excluding tert-OH is 1. The van der Waals surface area contributed by atoms with Gasteiger partial charge in [-0.25, -0.2) is 15.0 Å². The summed E-state index contributed by atoms with van der Waals surface area (Å²) in [4.78, 5) is 33.7. The van der Waals surface area contributed by atoms with Crippen LogP contribution in [-0.4, -0.2) is 35.0 Å². The van der Waals surface area contributed by atoms with Crippen LogP contribution in [0.4, 0.5) is 4.79 Å². The average molecular weight is 275 g/mol. The monoisotopic (exact) mass is 275 g/mol. The van der Waals surface area contributed by atoms with E-state index in [-0.39, 0.29) is 17.3 Å². The van der Waals surface area contributed by atoms with E-state index in [9.17, 15) is 19.5 Å². The predicted octanol–water partition coefficient (Wildman–Crippen LogP) is -0.258. The molecule has 0 aromatic rings. The van der Waals surface area contributed by atoms with Gasteiger partial charge >= 0.3 is 12.0 Å². The number of thioether (sulfide) groups is 1. The van der Waals surface area contributed by atoms with Crippen molar-refractivity contribution in [1.29, 1.82) is 0 Å². The van der Waals surface area contributed by atoms with Gasteiger partial charge in [-0.3, -0.25) is 15.5 Å². The molecule has 3 amide bonds. The second-order valence-electron chi connectivity index (χ2n) is 3.22. The van der Waals surface area contributed by atoms with Crippen molar-refractivity contribution in [3.8, 4) is 0 Å². The SMILES string of the molecule is CCOC(=O)/C(SC1NNC(=O)NC1=O)=C(/C)O. The van der Waals surface area contributed by atoms with Crippen LogP contribution in [0.5, 0.6) is 0 Å². The molecule has 1 atom stereocenters. The van der Waals surface area contributed by atoms with Gasteiger partial charge in [-0.05, 0) is 13.8 Å². The van der Waals surface area contributed by atoms with Crippen molar-refractivity contribution >= 4 is 29.7 Å². The molecular weight excluding hydrogens is 262 g/mol. The number of esters is 1. The molecule has 0 aliphatic carbocycles. The number of carbonyl (C=O) groups is 3. The Morgan fingerprint density at radius 2 is 2.17 bits per heavy atom. The van der Waals surface area contributed by atoms with E-state index in [1.165, 1.54) is 6.92 Å². The molecular formula is C9H13N3O5S. The Bertz CT molecular complexity index is 405. The van der Waals surface area contributed by atoms with Gasteiger partial charge < -0.3 is 9.84 Å². The highest BCUT2D eigenvalue weighted by molar-refractivity contribution is 8.05. The summed E-state index contributed by atoms with van der Waals surface area (Å²) < 4.78 is 4.74. The third kappa shape index (κ3) is 3.64. The minimum absolute atomic E-state index is 0.0966. The first kappa shape index (κ1) is 14.3. The quantitative estimate of drug-likeness (QED) is 0.317. The molecule has 0 radical (unpaired) electrons. The maximum atomic E-state index is 11.5. The zero-order valence-electron chi connectivity index (χ0n) is 9.77. The van der Waals surface area contributed by atoms with Crippen LogP contribution in [0.2, 0.25) is 0 Å². The highest BCUT2D eigenvalue weighted by Gasteiger charge is 2.30. The normalized spacial score (nSPS) is 20.7. The first-order valence-electron chi connectivity index (χ1n) is 5.05. The fraction of sp³-hybridized carbons (Fsp3) is 0.444. The van der Waals surface area contributed by atoms with E-state index in [1.54, 1.807) is 6.92 Å². The largest absolute Gasteiger partial charge is 0.511 e. The topological polar surface area (TPSA) is 117 Å². The van der Waals surface area contributed by atoms with Crippen molar-refractivity contribution in [3.63, 3.8) is 0 Å². The molecule has 0 bridgehead atoms. The van der Waals surface area contributed by atoms with Crippen LogP contribution in [0.25, 0.3) is 0 Å². The summed E-state index contributed by atoms with van der Waals surface area (Å²) in [6.45, 7) is 3.08. The van der Waals surface area contributed by atoms with Gasteiger partial charge in [0, 0.05) is 0 Å². The van der Waals surface area contributed by atoms with E-state index in [0.29, 0.717) is 0 Å². The standard InChI is InChI=1S/C9H13N3O5S/c1-3-17-8(15)5(4(2)13)18-7-6(14)10-9(16)12-11-7/h7,11,13H,3H2,1-2H3,(H2,10,12,14,16)/b5-4+. The molecule has 1 unspecified atom stereocenters. The minimum atomic E-state index is -0.927. The molecule has 1 saturated heterocycles. The van der Waals surface area contributed by atoms with Gasteiger partial charge in [0.05, 0.1) is 6.61 Å². The first-order chi connectivity index (χ1) is 8.45. The number of urea groups is 1.